The zero-order valence-corrected chi connectivity index (χ0v) is 11.5. The Kier molecular flexibility index (Phi) is 4.60. The number of carbonyl (C=O) groups excluding carboxylic acids is 1. The predicted molar refractivity (Wildman–Crippen MR) is 65.8 cm³/mol. The molecule has 1 atom stereocenters. The molecule has 0 spiro atoms. The molecule has 4 nitrogen and oxygen atoms in total. The number of halogens is 3. The predicted octanol–water partition coefficient (Wildman–Crippen LogP) is 2.93. The van der Waals surface area contributed by atoms with Crippen molar-refractivity contribution < 1.29 is 18.0 Å². The van der Waals surface area contributed by atoms with Gasteiger partial charge in [-0.2, -0.15) is 18.3 Å². The van der Waals surface area contributed by atoms with Gasteiger partial charge < -0.3 is 0 Å². The highest BCUT2D eigenvalue weighted by Gasteiger charge is 2.37. The quantitative estimate of drug-likeness (QED) is 0.731. The zero-order valence-electron chi connectivity index (χ0n) is 11.5. The molecule has 1 aliphatic rings. The third-order valence-electron chi connectivity index (χ3n) is 2.92. The maximum Gasteiger partial charge on any atom is 0.435 e. The zero-order chi connectivity index (χ0) is 14.8. The first kappa shape index (κ1) is 15.5. The van der Waals surface area contributed by atoms with E-state index in [-0.39, 0.29) is 17.6 Å². The van der Waals surface area contributed by atoms with Crippen LogP contribution in [-0.2, 0) is 17.5 Å². The molecule has 108 valence electrons. The van der Waals surface area contributed by atoms with Crippen LogP contribution in [0.5, 0.6) is 0 Å². The third kappa shape index (κ3) is 3.08. The number of nitrogens with zero attached hydrogens (tertiary/aromatic N) is 3. The summed E-state index contributed by atoms with van der Waals surface area (Å²) in [6, 6.07) is 0.913. The van der Waals surface area contributed by atoms with Gasteiger partial charge in [0.25, 0.3) is 0 Å². The third-order valence-corrected chi connectivity index (χ3v) is 2.92. The van der Waals surface area contributed by atoms with Crippen molar-refractivity contribution in [3.63, 3.8) is 0 Å². The van der Waals surface area contributed by atoms with Gasteiger partial charge in [0.1, 0.15) is 5.82 Å². The second kappa shape index (κ2) is 5.63. The van der Waals surface area contributed by atoms with E-state index in [0.29, 0.717) is 13.0 Å². The van der Waals surface area contributed by atoms with Crippen molar-refractivity contribution >= 4 is 11.7 Å². The molecule has 0 fully saturated rings. The molecule has 1 unspecified atom stereocenters. The topological polar surface area (TPSA) is 38.1 Å². The number of rotatable bonds is 0. The van der Waals surface area contributed by atoms with E-state index in [9.17, 15) is 18.0 Å². The smallest absolute Gasteiger partial charge is 0.300 e. The standard InChI is InChI=1S/C10H12F3N3O.C2H6/c1-6-3-4-16-8(15(2)9(6)17)5-7(14-16)10(11,12)13;1-2/h5-6H,3-4H2,1-2H3;1-2H3. The average Bonchev–Trinajstić information content (AvgIpc) is 2.76. The van der Waals surface area contributed by atoms with Crippen LogP contribution < -0.4 is 4.90 Å². The second-order valence-corrected chi connectivity index (χ2v) is 4.20. The summed E-state index contributed by atoms with van der Waals surface area (Å²) in [5, 5.41) is 3.50. The molecular weight excluding hydrogens is 259 g/mol. The van der Waals surface area contributed by atoms with Gasteiger partial charge in [0.2, 0.25) is 5.91 Å². The Bertz CT molecular complexity index is 454. The van der Waals surface area contributed by atoms with E-state index in [1.165, 1.54) is 16.6 Å². The first-order chi connectivity index (χ1) is 8.80. The Morgan fingerprint density at radius 1 is 1.37 bits per heavy atom. The molecule has 0 aromatic carbocycles. The normalized spacial score (nSPS) is 19.4. The molecule has 2 rings (SSSR count). The molecule has 0 aliphatic carbocycles. The first-order valence-corrected chi connectivity index (χ1v) is 6.23. The molecule has 0 N–H and O–H groups in total. The number of aromatic nitrogens is 2. The number of amides is 1. The van der Waals surface area contributed by atoms with Crippen molar-refractivity contribution in [3.05, 3.63) is 11.8 Å². The lowest BCUT2D eigenvalue weighted by atomic mass is 10.1. The fraction of sp³-hybridized carbons (Fsp3) is 0.667. The molecule has 0 saturated carbocycles. The highest BCUT2D eigenvalue weighted by molar-refractivity contribution is 5.93. The van der Waals surface area contributed by atoms with Crippen molar-refractivity contribution in [2.75, 3.05) is 11.9 Å². The second-order valence-electron chi connectivity index (χ2n) is 4.20. The molecule has 1 aromatic heterocycles. The first-order valence-electron chi connectivity index (χ1n) is 6.23. The van der Waals surface area contributed by atoms with Gasteiger partial charge in [-0.1, -0.05) is 20.8 Å². The Morgan fingerprint density at radius 3 is 2.47 bits per heavy atom. The summed E-state index contributed by atoms with van der Waals surface area (Å²) in [5.41, 5.74) is -0.957. The average molecular weight is 277 g/mol. The van der Waals surface area contributed by atoms with Crippen molar-refractivity contribution in [1.29, 1.82) is 0 Å². The summed E-state index contributed by atoms with van der Waals surface area (Å²) in [4.78, 5) is 13.0. The molecule has 0 radical (unpaired) electrons. The number of alkyl halides is 3. The Hall–Kier alpha value is -1.53. The van der Waals surface area contributed by atoms with E-state index in [4.69, 9.17) is 0 Å². The number of fused-ring (bicyclic) bond motifs is 1. The van der Waals surface area contributed by atoms with E-state index in [1.54, 1.807) is 6.92 Å². The highest BCUT2D eigenvalue weighted by Crippen LogP contribution is 2.32. The summed E-state index contributed by atoms with van der Waals surface area (Å²) in [6.07, 6.45) is -3.98. The van der Waals surface area contributed by atoms with Crippen LogP contribution in [0.4, 0.5) is 19.0 Å². The molecular formula is C12H18F3N3O. The summed E-state index contributed by atoms with van der Waals surface area (Å²) in [6.45, 7) is 6.08. The SMILES string of the molecule is CC.CC1CCn2nc(C(F)(F)F)cc2N(C)C1=O. The molecule has 2 heterocycles. The van der Waals surface area contributed by atoms with Crippen LogP contribution in [0.2, 0.25) is 0 Å². The van der Waals surface area contributed by atoms with E-state index >= 15 is 0 Å². The fourth-order valence-corrected chi connectivity index (χ4v) is 1.86. The lowest BCUT2D eigenvalue weighted by molar-refractivity contribution is -0.141. The van der Waals surface area contributed by atoms with Crippen LogP contribution in [0, 0.1) is 5.92 Å². The van der Waals surface area contributed by atoms with Gasteiger partial charge in [-0.15, -0.1) is 0 Å². The van der Waals surface area contributed by atoms with E-state index in [0.717, 1.165) is 6.07 Å². The Labute approximate surface area is 110 Å². The van der Waals surface area contributed by atoms with Crippen molar-refractivity contribution in [2.45, 2.75) is 39.9 Å². The fourth-order valence-electron chi connectivity index (χ4n) is 1.86. The van der Waals surface area contributed by atoms with Crippen LogP contribution in [0.1, 0.15) is 32.9 Å². The minimum atomic E-state index is -4.48. The van der Waals surface area contributed by atoms with Crippen LogP contribution in [0.25, 0.3) is 0 Å². The van der Waals surface area contributed by atoms with Crippen LogP contribution in [0.3, 0.4) is 0 Å². The van der Waals surface area contributed by atoms with Gasteiger partial charge in [0.15, 0.2) is 5.69 Å². The maximum atomic E-state index is 12.5. The van der Waals surface area contributed by atoms with Gasteiger partial charge in [-0.3, -0.25) is 9.69 Å². The van der Waals surface area contributed by atoms with Crippen LogP contribution in [0.15, 0.2) is 6.07 Å². The molecule has 1 aromatic rings. The van der Waals surface area contributed by atoms with Gasteiger partial charge in [-0.05, 0) is 6.42 Å². The van der Waals surface area contributed by atoms with Crippen molar-refractivity contribution in [3.8, 4) is 0 Å². The molecule has 1 amide bonds. The van der Waals surface area contributed by atoms with Crippen LogP contribution in [-0.4, -0.2) is 22.7 Å². The molecule has 1 aliphatic heterocycles. The lowest BCUT2D eigenvalue weighted by Crippen LogP contribution is -2.30. The number of hydrogen-bond acceptors (Lipinski definition) is 2. The Balaban J connectivity index is 0.000000861. The molecule has 7 heteroatoms. The van der Waals surface area contributed by atoms with Crippen molar-refractivity contribution in [2.24, 2.45) is 5.92 Å². The lowest BCUT2D eigenvalue weighted by Gasteiger charge is -2.16. The molecule has 19 heavy (non-hydrogen) atoms. The summed E-state index contributed by atoms with van der Waals surface area (Å²) in [7, 11) is 1.47. The van der Waals surface area contributed by atoms with Crippen molar-refractivity contribution in [1.82, 2.24) is 9.78 Å². The van der Waals surface area contributed by atoms with Gasteiger partial charge >= 0.3 is 6.18 Å². The minimum absolute atomic E-state index is 0.183. The van der Waals surface area contributed by atoms with Gasteiger partial charge in [0.05, 0.1) is 0 Å². The number of carbonyl (C=O) groups is 1. The monoisotopic (exact) mass is 277 g/mol. The van der Waals surface area contributed by atoms with Gasteiger partial charge in [0, 0.05) is 25.6 Å². The molecule has 0 saturated heterocycles. The van der Waals surface area contributed by atoms with Crippen LogP contribution >= 0.6 is 0 Å². The number of anilines is 1. The highest BCUT2D eigenvalue weighted by atomic mass is 19.4. The largest absolute Gasteiger partial charge is 0.435 e. The van der Waals surface area contributed by atoms with E-state index < -0.39 is 11.9 Å². The Morgan fingerprint density at radius 2 is 1.95 bits per heavy atom. The van der Waals surface area contributed by atoms with E-state index in [1.807, 2.05) is 13.8 Å². The van der Waals surface area contributed by atoms with E-state index in [2.05, 4.69) is 5.10 Å². The molecule has 0 bridgehead atoms. The summed E-state index contributed by atoms with van der Waals surface area (Å²) in [5.74, 6) is -0.180. The number of hydrogen-bond donors (Lipinski definition) is 0. The maximum absolute atomic E-state index is 12.5. The number of aryl methyl sites for hydroxylation is 1. The van der Waals surface area contributed by atoms with Gasteiger partial charge in [-0.25, -0.2) is 4.68 Å². The summed E-state index contributed by atoms with van der Waals surface area (Å²) < 4.78 is 38.7. The summed E-state index contributed by atoms with van der Waals surface area (Å²) >= 11 is 0. The minimum Gasteiger partial charge on any atom is -0.300 e.